The van der Waals surface area contributed by atoms with Crippen LogP contribution in [0.2, 0.25) is 0 Å². The number of carboxylic acids is 2. The van der Waals surface area contributed by atoms with Crippen LogP contribution in [-0.4, -0.2) is 79.4 Å². The molecule has 0 aliphatic carbocycles. The van der Waals surface area contributed by atoms with Crippen LogP contribution in [-0.2, 0) is 24.0 Å². The lowest BCUT2D eigenvalue weighted by Crippen LogP contribution is -2.71. The first kappa shape index (κ1) is 24.2. The summed E-state index contributed by atoms with van der Waals surface area (Å²) in [6.45, 7) is 3.39. The third-order valence-corrected chi connectivity index (χ3v) is 6.68. The third kappa shape index (κ3) is 4.99. The quantitative estimate of drug-likeness (QED) is 0.117. The van der Waals surface area contributed by atoms with Gasteiger partial charge in [0.15, 0.2) is 10.8 Å². The molecule has 0 aromatic carbocycles. The number of nitrogens with one attached hydrogen (secondary N) is 1. The molecule has 2 amide bonds. The van der Waals surface area contributed by atoms with Crippen molar-refractivity contribution in [3.05, 3.63) is 35.0 Å². The largest absolute Gasteiger partial charge is 0.480 e. The molecule has 1 saturated heterocycles. The van der Waals surface area contributed by atoms with E-state index in [0.717, 1.165) is 16.2 Å². The van der Waals surface area contributed by atoms with Gasteiger partial charge in [-0.05, 0) is 5.57 Å². The Bertz CT molecular complexity index is 1070. The van der Waals surface area contributed by atoms with E-state index in [4.69, 9.17) is 21.4 Å². The average Bonchev–Trinajstić information content (AvgIpc) is 3.21. The van der Waals surface area contributed by atoms with Crippen molar-refractivity contribution >= 4 is 57.7 Å². The number of nitrogens with zero attached hydrogens (tertiary/aromatic N) is 3. The summed E-state index contributed by atoms with van der Waals surface area (Å²) >= 11 is 2.34. The van der Waals surface area contributed by atoms with E-state index >= 15 is 0 Å². The number of β-lactam (4-membered cyclic amide) rings is 1. The van der Waals surface area contributed by atoms with Gasteiger partial charge in [0, 0.05) is 17.6 Å². The van der Waals surface area contributed by atoms with Crippen molar-refractivity contribution in [3.63, 3.8) is 0 Å². The average molecular weight is 497 g/mol. The fraction of sp³-hybridized carbons (Fsp3) is 0.333. The van der Waals surface area contributed by atoms with E-state index in [1.54, 1.807) is 0 Å². The minimum absolute atomic E-state index is 0.0579. The number of aromatic nitrogens is 1. The Labute approximate surface area is 195 Å². The molecule has 1 fully saturated rings. The highest BCUT2D eigenvalue weighted by Gasteiger charge is 2.54. The summed E-state index contributed by atoms with van der Waals surface area (Å²) in [5.41, 5.74) is 11.1. The summed E-state index contributed by atoms with van der Waals surface area (Å²) in [6, 6.07) is -2.16. The van der Waals surface area contributed by atoms with Crippen molar-refractivity contribution in [1.29, 1.82) is 0 Å². The first-order valence-electron chi connectivity index (χ1n) is 9.39. The van der Waals surface area contributed by atoms with Gasteiger partial charge in [-0.2, -0.15) is 0 Å². The Kier molecular flexibility index (Phi) is 7.35. The van der Waals surface area contributed by atoms with Crippen LogP contribution >= 0.6 is 23.1 Å². The van der Waals surface area contributed by atoms with Crippen molar-refractivity contribution in [2.45, 2.75) is 23.9 Å². The van der Waals surface area contributed by atoms with Gasteiger partial charge in [-0.15, -0.1) is 23.1 Å². The number of carbonyl (C=O) groups is 4. The Hall–Kier alpha value is -3.43. The lowest BCUT2D eigenvalue weighted by Gasteiger charge is -2.49. The van der Waals surface area contributed by atoms with E-state index in [2.05, 4.69) is 22.0 Å². The first-order valence-corrected chi connectivity index (χ1v) is 11.3. The SMILES string of the molecule is C=CC1=C(C(=O)O)N2C(=O)C(NC(=O)C(=NOCCC(N)C(=O)O)c3csc(N)n3)[C@H]2SC1. The number of carbonyl (C=O) groups excluding carboxylic acids is 2. The Morgan fingerprint density at radius 3 is 2.76 bits per heavy atom. The second-order valence-electron chi connectivity index (χ2n) is 6.82. The van der Waals surface area contributed by atoms with Crippen LogP contribution in [0.3, 0.4) is 0 Å². The molecular weight excluding hydrogens is 476 g/mol. The van der Waals surface area contributed by atoms with E-state index < -0.39 is 41.2 Å². The molecular formula is C18H20N6O7S2. The number of nitrogens with two attached hydrogens (primary N) is 2. The van der Waals surface area contributed by atoms with Crippen molar-refractivity contribution in [3.8, 4) is 0 Å². The fourth-order valence-electron chi connectivity index (χ4n) is 3.02. The normalized spacial score (nSPS) is 21.1. The number of allylic oxidation sites excluding steroid dienone is 1. The molecule has 0 radical (unpaired) electrons. The number of hydrogen-bond donors (Lipinski definition) is 5. The van der Waals surface area contributed by atoms with Crippen LogP contribution in [0.15, 0.2) is 34.5 Å². The van der Waals surface area contributed by atoms with Crippen LogP contribution < -0.4 is 16.8 Å². The van der Waals surface area contributed by atoms with Gasteiger partial charge in [-0.25, -0.2) is 9.78 Å². The smallest absolute Gasteiger partial charge is 0.352 e. The zero-order valence-electron chi connectivity index (χ0n) is 17.0. The summed E-state index contributed by atoms with van der Waals surface area (Å²) in [5.74, 6) is -3.55. The number of nitrogen functional groups attached to an aromatic ring is 1. The lowest BCUT2D eigenvalue weighted by molar-refractivity contribution is -0.150. The fourth-order valence-corrected chi connectivity index (χ4v) is 4.91. The predicted octanol–water partition coefficient (Wildman–Crippen LogP) is -0.827. The molecule has 3 rings (SSSR count). The highest BCUT2D eigenvalue weighted by Crippen LogP contribution is 2.40. The summed E-state index contributed by atoms with van der Waals surface area (Å²) in [5, 5.41) is 25.6. The van der Waals surface area contributed by atoms with Crippen LogP contribution in [0.1, 0.15) is 12.1 Å². The number of fused-ring (bicyclic) bond motifs is 1. The predicted molar refractivity (Wildman–Crippen MR) is 119 cm³/mol. The van der Waals surface area contributed by atoms with E-state index in [9.17, 15) is 24.3 Å². The van der Waals surface area contributed by atoms with Crippen LogP contribution in [0.4, 0.5) is 5.13 Å². The maximum absolute atomic E-state index is 12.9. The maximum atomic E-state index is 12.9. The first-order chi connectivity index (χ1) is 15.6. The summed E-state index contributed by atoms with van der Waals surface area (Å²) in [6.07, 6.45) is 1.33. The minimum atomic E-state index is -1.26. The van der Waals surface area contributed by atoms with Crippen LogP contribution in [0.25, 0.3) is 0 Å². The lowest BCUT2D eigenvalue weighted by atomic mass is 10.0. The van der Waals surface area contributed by atoms with Gasteiger partial charge < -0.3 is 31.8 Å². The molecule has 2 aliphatic rings. The molecule has 13 nitrogen and oxygen atoms in total. The van der Waals surface area contributed by atoms with E-state index in [1.807, 2.05) is 0 Å². The summed E-state index contributed by atoms with van der Waals surface area (Å²) in [4.78, 5) is 58.1. The standard InChI is InChI=1S/C18H20N6O7S2/c1-2-7-5-32-15-11(14(26)24(15)12(7)17(29)30)22-13(25)10(9-6-33-18(20)21-9)23-31-4-3-8(19)16(27)28/h2,6,8,11,15H,1,3-5,19H2,(H2,20,21)(H,22,25)(H,27,28)(H,29,30)/t8?,11?,15-/m1/s1. The number of hydrogen-bond acceptors (Lipinski definition) is 11. The van der Waals surface area contributed by atoms with Crippen molar-refractivity contribution in [2.75, 3.05) is 18.1 Å². The van der Waals surface area contributed by atoms with Crippen molar-refractivity contribution < 1.29 is 34.2 Å². The number of anilines is 1. The third-order valence-electron chi connectivity index (χ3n) is 4.71. The molecule has 3 atom stereocenters. The van der Waals surface area contributed by atoms with Crippen molar-refractivity contribution in [1.82, 2.24) is 15.2 Å². The van der Waals surface area contributed by atoms with Gasteiger partial charge in [0.2, 0.25) is 0 Å². The number of thiazole rings is 1. The minimum Gasteiger partial charge on any atom is -0.480 e. The zero-order valence-corrected chi connectivity index (χ0v) is 18.6. The molecule has 0 spiro atoms. The number of carboxylic acid groups (broad SMARTS) is 2. The molecule has 1 aromatic rings. The molecule has 0 saturated carbocycles. The number of oxime groups is 1. The molecule has 2 aliphatic heterocycles. The van der Waals surface area contributed by atoms with Crippen molar-refractivity contribution in [2.24, 2.45) is 10.9 Å². The summed E-state index contributed by atoms with van der Waals surface area (Å²) in [7, 11) is 0. The number of thioether (sulfide) groups is 1. The van der Waals surface area contributed by atoms with Gasteiger partial charge in [0.25, 0.3) is 11.8 Å². The monoisotopic (exact) mass is 496 g/mol. The Morgan fingerprint density at radius 2 is 2.18 bits per heavy atom. The van der Waals surface area contributed by atoms with Gasteiger partial charge in [-0.1, -0.05) is 17.8 Å². The topological polar surface area (TPSA) is 211 Å². The Balaban J connectivity index is 1.74. The zero-order chi connectivity index (χ0) is 24.3. The molecule has 0 bridgehead atoms. The second kappa shape index (κ2) is 10.0. The van der Waals surface area contributed by atoms with Crippen LogP contribution in [0, 0.1) is 0 Å². The van der Waals surface area contributed by atoms with Gasteiger partial charge in [-0.3, -0.25) is 19.3 Å². The molecule has 1 aromatic heterocycles. The molecule has 176 valence electrons. The van der Waals surface area contributed by atoms with Gasteiger partial charge in [0.1, 0.15) is 35.5 Å². The maximum Gasteiger partial charge on any atom is 0.352 e. The number of rotatable bonds is 10. The highest BCUT2D eigenvalue weighted by molar-refractivity contribution is 8.00. The molecule has 2 unspecified atom stereocenters. The molecule has 3 heterocycles. The van der Waals surface area contributed by atoms with Gasteiger partial charge >= 0.3 is 11.9 Å². The molecule has 15 heteroatoms. The van der Waals surface area contributed by atoms with E-state index in [0.29, 0.717) is 11.3 Å². The number of amides is 2. The summed E-state index contributed by atoms with van der Waals surface area (Å²) < 4.78 is 0. The molecule has 33 heavy (non-hydrogen) atoms. The van der Waals surface area contributed by atoms with E-state index in [1.165, 1.54) is 23.2 Å². The highest BCUT2D eigenvalue weighted by atomic mass is 32.2. The van der Waals surface area contributed by atoms with E-state index in [-0.39, 0.29) is 35.3 Å². The molecule has 7 N–H and O–H groups in total. The Morgan fingerprint density at radius 1 is 1.45 bits per heavy atom. The second-order valence-corrected chi connectivity index (χ2v) is 8.82. The number of aliphatic carboxylic acids is 2. The van der Waals surface area contributed by atoms with Crippen LogP contribution in [0.5, 0.6) is 0 Å². The van der Waals surface area contributed by atoms with Gasteiger partial charge in [0.05, 0.1) is 0 Å².